The summed E-state index contributed by atoms with van der Waals surface area (Å²) in [6, 6.07) is 25.6. The van der Waals surface area contributed by atoms with Gasteiger partial charge in [0.15, 0.2) is 12.1 Å². The maximum absolute atomic E-state index is 11.0. The van der Waals surface area contributed by atoms with Gasteiger partial charge < -0.3 is 33.5 Å². The summed E-state index contributed by atoms with van der Waals surface area (Å²) in [5, 5.41) is 11.0. The molecule has 7 heteroatoms. The minimum absolute atomic E-state index is 0.105. The molecule has 0 unspecified atom stereocenters. The highest BCUT2D eigenvalue weighted by Crippen LogP contribution is 2.43. The van der Waals surface area contributed by atoms with E-state index in [4.69, 9.17) is 28.4 Å². The molecule has 2 aliphatic heterocycles. The molecule has 0 amide bonds. The van der Waals surface area contributed by atoms with Crippen molar-refractivity contribution in [2.45, 2.75) is 49.8 Å². The average Bonchev–Trinajstić information content (AvgIpc) is 3.37. The van der Waals surface area contributed by atoms with Crippen LogP contribution in [0, 0.1) is 0 Å². The van der Waals surface area contributed by atoms with Crippen molar-refractivity contribution in [1.82, 2.24) is 0 Å². The van der Waals surface area contributed by atoms with Gasteiger partial charge in [-0.3, -0.25) is 0 Å². The molecule has 0 aromatic heterocycles. The van der Waals surface area contributed by atoms with E-state index in [1.54, 1.807) is 28.1 Å². The molecule has 3 aromatic carbocycles. The lowest BCUT2D eigenvalue weighted by Gasteiger charge is -2.37. The minimum atomic E-state index is -0.998. The molecular weight excluding hydrogens is 460 g/mol. The number of hydrogen-bond acceptors (Lipinski definition) is 7. The Balaban J connectivity index is 1.55. The first kappa shape index (κ1) is 24.7. The molecule has 2 aliphatic rings. The van der Waals surface area contributed by atoms with E-state index in [0.717, 1.165) is 28.2 Å². The number of hydrogen-bond donors (Lipinski definition) is 1. The average molecular weight is 493 g/mol. The van der Waals surface area contributed by atoms with Crippen LogP contribution in [0.4, 0.5) is 0 Å². The molecule has 1 N–H and O–H groups in total. The fourth-order valence-corrected chi connectivity index (χ4v) is 4.98. The molecule has 2 saturated heterocycles. The SMILES string of the molecule is COc1ccc(C(OC[C@H]2O[C@@H]3OC(C)(C)O[C@@H]3[C@@H]2O)(c2ccccc2)c2ccc(OC)cc2)cc1. The molecule has 0 radical (unpaired) electrons. The number of rotatable bonds is 8. The van der Waals surface area contributed by atoms with E-state index in [9.17, 15) is 5.11 Å². The first-order valence-electron chi connectivity index (χ1n) is 12.0. The van der Waals surface area contributed by atoms with E-state index in [1.807, 2.05) is 78.9 Å². The van der Waals surface area contributed by atoms with Crippen LogP contribution in [0.15, 0.2) is 78.9 Å². The summed E-state index contributed by atoms with van der Waals surface area (Å²) in [5.41, 5.74) is 1.74. The van der Waals surface area contributed by atoms with Crippen LogP contribution in [0.2, 0.25) is 0 Å². The van der Waals surface area contributed by atoms with Crippen LogP contribution in [0.25, 0.3) is 0 Å². The number of benzene rings is 3. The number of aliphatic hydroxyl groups is 1. The summed E-state index contributed by atoms with van der Waals surface area (Å²) >= 11 is 0. The van der Waals surface area contributed by atoms with Crippen molar-refractivity contribution in [1.29, 1.82) is 0 Å². The number of methoxy groups -OCH3 is 2. The molecule has 2 heterocycles. The molecule has 190 valence electrons. The Kier molecular flexibility index (Phi) is 6.76. The van der Waals surface area contributed by atoms with Crippen molar-refractivity contribution in [2.24, 2.45) is 0 Å². The van der Waals surface area contributed by atoms with Gasteiger partial charge in [-0.1, -0.05) is 54.6 Å². The van der Waals surface area contributed by atoms with Gasteiger partial charge in [0, 0.05) is 0 Å². The van der Waals surface area contributed by atoms with Gasteiger partial charge >= 0.3 is 0 Å². The molecule has 0 aliphatic carbocycles. The third kappa shape index (κ3) is 4.49. The maximum Gasteiger partial charge on any atom is 0.190 e. The Bertz CT molecular complexity index is 1100. The van der Waals surface area contributed by atoms with Gasteiger partial charge in [0.25, 0.3) is 0 Å². The van der Waals surface area contributed by atoms with Crippen molar-refractivity contribution < 1.29 is 33.5 Å². The van der Waals surface area contributed by atoms with Crippen LogP contribution in [0.1, 0.15) is 30.5 Å². The second-order valence-electron chi connectivity index (χ2n) is 9.45. The molecule has 2 fully saturated rings. The van der Waals surface area contributed by atoms with Crippen LogP contribution >= 0.6 is 0 Å². The molecule has 7 nitrogen and oxygen atoms in total. The summed E-state index contributed by atoms with van der Waals surface area (Å²) < 4.78 is 35.4. The molecule has 3 aromatic rings. The zero-order chi connectivity index (χ0) is 25.3. The first-order chi connectivity index (χ1) is 17.4. The van der Waals surface area contributed by atoms with E-state index >= 15 is 0 Å². The number of aliphatic hydroxyl groups excluding tert-OH is 1. The monoisotopic (exact) mass is 492 g/mol. The van der Waals surface area contributed by atoms with Crippen molar-refractivity contribution in [3.63, 3.8) is 0 Å². The smallest absolute Gasteiger partial charge is 0.190 e. The summed E-state index contributed by atoms with van der Waals surface area (Å²) in [6.45, 7) is 3.72. The van der Waals surface area contributed by atoms with Gasteiger partial charge in [-0.15, -0.1) is 0 Å². The van der Waals surface area contributed by atoms with E-state index in [-0.39, 0.29) is 6.61 Å². The summed E-state index contributed by atoms with van der Waals surface area (Å²) in [7, 11) is 3.28. The van der Waals surface area contributed by atoms with Crippen molar-refractivity contribution in [2.75, 3.05) is 20.8 Å². The largest absolute Gasteiger partial charge is 0.497 e. The quantitative estimate of drug-likeness (QED) is 0.471. The van der Waals surface area contributed by atoms with Gasteiger partial charge in [-0.2, -0.15) is 0 Å². The molecule has 5 rings (SSSR count). The van der Waals surface area contributed by atoms with Crippen molar-refractivity contribution in [3.05, 3.63) is 95.6 Å². The first-order valence-corrected chi connectivity index (χ1v) is 12.0. The highest BCUT2D eigenvalue weighted by molar-refractivity contribution is 5.49. The van der Waals surface area contributed by atoms with Gasteiger partial charge in [0.05, 0.1) is 20.8 Å². The predicted octanol–water partition coefficient (Wildman–Crippen LogP) is 4.25. The Morgan fingerprint density at radius 2 is 1.31 bits per heavy atom. The summed E-state index contributed by atoms with van der Waals surface area (Å²) in [6.07, 6.45) is -2.73. The zero-order valence-electron chi connectivity index (χ0n) is 20.9. The van der Waals surface area contributed by atoms with Crippen molar-refractivity contribution >= 4 is 0 Å². The van der Waals surface area contributed by atoms with Gasteiger partial charge in [0.2, 0.25) is 0 Å². The third-order valence-electron chi connectivity index (χ3n) is 6.75. The fourth-order valence-electron chi connectivity index (χ4n) is 4.98. The fraction of sp³-hybridized carbons (Fsp3) is 0.379. The van der Waals surface area contributed by atoms with Gasteiger partial charge in [0.1, 0.15) is 35.4 Å². The normalized spacial score (nSPS) is 24.9. The van der Waals surface area contributed by atoms with Crippen LogP contribution in [-0.2, 0) is 24.5 Å². The Morgan fingerprint density at radius 1 is 0.778 bits per heavy atom. The minimum Gasteiger partial charge on any atom is -0.497 e. The van der Waals surface area contributed by atoms with E-state index < -0.39 is 36.0 Å². The van der Waals surface area contributed by atoms with E-state index in [1.165, 1.54) is 0 Å². The Labute approximate surface area is 211 Å². The lowest BCUT2D eigenvalue weighted by molar-refractivity contribution is -0.223. The molecule has 0 spiro atoms. The van der Waals surface area contributed by atoms with Crippen LogP contribution in [-0.4, -0.2) is 56.3 Å². The molecule has 0 bridgehead atoms. The predicted molar refractivity (Wildman–Crippen MR) is 133 cm³/mol. The molecular formula is C29H32O7. The second-order valence-corrected chi connectivity index (χ2v) is 9.45. The topological polar surface area (TPSA) is 75.6 Å². The van der Waals surface area contributed by atoms with Gasteiger partial charge in [-0.25, -0.2) is 0 Å². The Hall–Kier alpha value is -2.94. The van der Waals surface area contributed by atoms with Gasteiger partial charge in [-0.05, 0) is 54.8 Å². The lowest BCUT2D eigenvalue weighted by atomic mass is 9.80. The number of fused-ring (bicyclic) bond motifs is 1. The lowest BCUT2D eigenvalue weighted by Crippen LogP contribution is -2.40. The number of ether oxygens (including phenoxy) is 6. The Morgan fingerprint density at radius 3 is 1.81 bits per heavy atom. The summed E-state index contributed by atoms with van der Waals surface area (Å²) in [4.78, 5) is 0. The molecule has 36 heavy (non-hydrogen) atoms. The highest BCUT2D eigenvalue weighted by Gasteiger charge is 2.55. The summed E-state index contributed by atoms with van der Waals surface area (Å²) in [5.74, 6) is 0.687. The third-order valence-corrected chi connectivity index (χ3v) is 6.75. The second kappa shape index (κ2) is 9.84. The van der Waals surface area contributed by atoms with Crippen LogP contribution < -0.4 is 9.47 Å². The zero-order valence-corrected chi connectivity index (χ0v) is 20.9. The van der Waals surface area contributed by atoms with Crippen molar-refractivity contribution in [3.8, 4) is 11.5 Å². The molecule has 0 saturated carbocycles. The van der Waals surface area contributed by atoms with Crippen LogP contribution in [0.3, 0.4) is 0 Å². The standard InChI is InChI=1S/C29H32O7/c1-28(2)35-26-25(30)24(34-27(26)36-28)18-33-29(19-8-6-5-7-9-19,20-10-14-22(31-3)15-11-20)21-12-16-23(32-4)17-13-21/h5-17,24-27,30H,18H2,1-4H3/t24-,25-,26-,27-/m1/s1. The maximum atomic E-state index is 11.0. The molecule has 4 atom stereocenters. The van der Waals surface area contributed by atoms with E-state index in [0.29, 0.717) is 0 Å². The highest BCUT2D eigenvalue weighted by atomic mass is 16.8. The van der Waals surface area contributed by atoms with Crippen LogP contribution in [0.5, 0.6) is 11.5 Å². The van der Waals surface area contributed by atoms with E-state index in [2.05, 4.69) is 0 Å².